The largest absolute Gasteiger partial charge is 0.383 e. The average molecular weight is 300 g/mol. The van der Waals surface area contributed by atoms with Crippen LogP contribution in [0.4, 0.5) is 0 Å². The first kappa shape index (κ1) is 15.9. The Kier molecular flexibility index (Phi) is 6.77. The fourth-order valence-corrected chi connectivity index (χ4v) is 1.81. The van der Waals surface area contributed by atoms with Gasteiger partial charge in [0.15, 0.2) is 5.11 Å². The Balaban J connectivity index is 2.51. The molecule has 0 radical (unpaired) electrons. The first-order valence-electron chi connectivity index (χ1n) is 5.88. The van der Waals surface area contributed by atoms with Crippen LogP contribution < -0.4 is 10.7 Å². The van der Waals surface area contributed by atoms with Crippen LogP contribution in [0.3, 0.4) is 0 Å². The third-order valence-electron chi connectivity index (χ3n) is 2.38. The van der Waals surface area contributed by atoms with Crippen molar-refractivity contribution < 1.29 is 4.74 Å². The van der Waals surface area contributed by atoms with E-state index in [9.17, 15) is 0 Å². The fraction of sp³-hybridized carbons (Fsp3) is 0.385. The summed E-state index contributed by atoms with van der Waals surface area (Å²) in [6.45, 7) is 4.46. The molecule has 0 bridgehead atoms. The maximum absolute atomic E-state index is 5.83. The summed E-state index contributed by atoms with van der Waals surface area (Å²) in [5, 5.41) is 8.45. The summed E-state index contributed by atoms with van der Waals surface area (Å²) in [4.78, 5) is 0. The van der Waals surface area contributed by atoms with Gasteiger partial charge in [-0.1, -0.05) is 23.7 Å². The Hall–Kier alpha value is -1.17. The molecule has 0 aliphatic carbocycles. The highest BCUT2D eigenvalue weighted by Gasteiger charge is 2.03. The van der Waals surface area contributed by atoms with Crippen LogP contribution in [-0.2, 0) is 4.74 Å². The van der Waals surface area contributed by atoms with Gasteiger partial charge in [-0.2, -0.15) is 5.10 Å². The second kappa shape index (κ2) is 8.09. The minimum absolute atomic E-state index is 0.135. The SMILES string of the molecule is COC[C@@H](C)NC(=S)N/N=C(/C)c1ccc(Cl)cc1. The summed E-state index contributed by atoms with van der Waals surface area (Å²) in [5.74, 6) is 0. The predicted molar refractivity (Wildman–Crippen MR) is 83.9 cm³/mol. The van der Waals surface area contributed by atoms with Crippen LogP contribution >= 0.6 is 23.8 Å². The van der Waals surface area contributed by atoms with Crippen LogP contribution in [0, 0.1) is 0 Å². The quantitative estimate of drug-likeness (QED) is 0.498. The molecule has 0 aliphatic heterocycles. The van der Waals surface area contributed by atoms with Gasteiger partial charge in [-0.05, 0) is 43.8 Å². The molecule has 1 aromatic rings. The average Bonchev–Trinajstić information content (AvgIpc) is 2.37. The summed E-state index contributed by atoms with van der Waals surface area (Å²) in [6.07, 6.45) is 0. The Labute approximate surface area is 124 Å². The molecule has 1 rings (SSSR count). The van der Waals surface area contributed by atoms with E-state index in [2.05, 4.69) is 15.8 Å². The third kappa shape index (κ3) is 6.00. The van der Waals surface area contributed by atoms with Crippen molar-refractivity contribution in [3.63, 3.8) is 0 Å². The van der Waals surface area contributed by atoms with Gasteiger partial charge in [0.2, 0.25) is 0 Å². The number of hydrazone groups is 1. The van der Waals surface area contributed by atoms with Crippen LogP contribution in [-0.4, -0.2) is 30.6 Å². The van der Waals surface area contributed by atoms with Crippen molar-refractivity contribution in [2.45, 2.75) is 19.9 Å². The number of nitrogens with one attached hydrogen (secondary N) is 2. The van der Waals surface area contributed by atoms with Crippen LogP contribution in [0.1, 0.15) is 19.4 Å². The maximum Gasteiger partial charge on any atom is 0.187 e. The second-order valence-electron chi connectivity index (χ2n) is 4.15. The van der Waals surface area contributed by atoms with E-state index in [4.69, 9.17) is 28.6 Å². The van der Waals surface area contributed by atoms with Crippen LogP contribution in [0.5, 0.6) is 0 Å². The van der Waals surface area contributed by atoms with Crippen molar-refractivity contribution in [1.29, 1.82) is 0 Å². The first-order chi connectivity index (χ1) is 9.02. The van der Waals surface area contributed by atoms with Crippen molar-refractivity contribution in [1.82, 2.24) is 10.7 Å². The van der Waals surface area contributed by atoms with E-state index >= 15 is 0 Å². The first-order valence-corrected chi connectivity index (χ1v) is 6.67. The van der Waals surface area contributed by atoms with E-state index < -0.39 is 0 Å². The highest BCUT2D eigenvalue weighted by Crippen LogP contribution is 2.09. The molecule has 0 amide bonds. The van der Waals surface area contributed by atoms with Crippen molar-refractivity contribution in [2.24, 2.45) is 5.10 Å². The zero-order valence-corrected chi connectivity index (χ0v) is 12.8. The van der Waals surface area contributed by atoms with Crippen LogP contribution in [0.15, 0.2) is 29.4 Å². The van der Waals surface area contributed by atoms with E-state index in [-0.39, 0.29) is 6.04 Å². The summed E-state index contributed by atoms with van der Waals surface area (Å²) in [6, 6.07) is 7.61. The summed E-state index contributed by atoms with van der Waals surface area (Å²) >= 11 is 11.0. The normalized spacial score (nSPS) is 12.9. The van der Waals surface area contributed by atoms with Gasteiger partial charge in [-0.3, -0.25) is 5.43 Å². The number of benzene rings is 1. The lowest BCUT2D eigenvalue weighted by molar-refractivity contribution is 0.179. The van der Waals surface area contributed by atoms with Gasteiger partial charge >= 0.3 is 0 Å². The molecule has 2 N–H and O–H groups in total. The molecule has 0 aromatic heterocycles. The van der Waals surface area contributed by atoms with Gasteiger partial charge in [0.05, 0.1) is 12.3 Å². The molecular weight excluding hydrogens is 282 g/mol. The Morgan fingerprint density at radius 3 is 2.63 bits per heavy atom. The minimum atomic E-state index is 0.135. The smallest absolute Gasteiger partial charge is 0.187 e. The van der Waals surface area contributed by atoms with Crippen molar-refractivity contribution in [2.75, 3.05) is 13.7 Å². The minimum Gasteiger partial charge on any atom is -0.383 e. The molecule has 0 saturated carbocycles. The summed E-state index contributed by atoms with van der Waals surface area (Å²) in [7, 11) is 1.65. The van der Waals surface area contributed by atoms with E-state index in [1.54, 1.807) is 7.11 Å². The number of hydrogen-bond donors (Lipinski definition) is 2. The highest BCUT2D eigenvalue weighted by atomic mass is 35.5. The van der Waals surface area contributed by atoms with Gasteiger partial charge in [-0.25, -0.2) is 0 Å². The Morgan fingerprint density at radius 2 is 2.05 bits per heavy atom. The molecule has 104 valence electrons. The standard InChI is InChI=1S/C13H18ClN3OS/c1-9(8-18-3)15-13(19)17-16-10(2)11-4-6-12(14)7-5-11/h4-7,9H,8H2,1-3H3,(H2,15,17,19)/b16-10-/t9-/m1/s1. The van der Waals surface area contributed by atoms with Crippen molar-refractivity contribution in [3.8, 4) is 0 Å². The number of methoxy groups -OCH3 is 1. The van der Waals surface area contributed by atoms with Crippen molar-refractivity contribution in [3.05, 3.63) is 34.9 Å². The highest BCUT2D eigenvalue weighted by molar-refractivity contribution is 7.80. The lowest BCUT2D eigenvalue weighted by Crippen LogP contribution is -2.40. The zero-order chi connectivity index (χ0) is 14.3. The number of halogens is 1. The van der Waals surface area contributed by atoms with Crippen molar-refractivity contribution >= 4 is 34.6 Å². The summed E-state index contributed by atoms with van der Waals surface area (Å²) in [5.41, 5.74) is 4.63. The fourth-order valence-electron chi connectivity index (χ4n) is 1.44. The Morgan fingerprint density at radius 1 is 1.42 bits per heavy atom. The lowest BCUT2D eigenvalue weighted by atomic mass is 10.1. The molecule has 6 heteroatoms. The predicted octanol–water partition coefficient (Wildman–Crippen LogP) is 2.56. The molecule has 1 aromatic carbocycles. The van der Waals surface area contributed by atoms with Crippen LogP contribution in [0.2, 0.25) is 5.02 Å². The molecule has 0 unspecified atom stereocenters. The molecule has 0 heterocycles. The topological polar surface area (TPSA) is 45.6 Å². The van der Waals surface area contributed by atoms with E-state index in [1.807, 2.05) is 38.1 Å². The van der Waals surface area contributed by atoms with Gasteiger partial charge in [0.25, 0.3) is 0 Å². The van der Waals surface area contributed by atoms with Gasteiger partial charge in [0, 0.05) is 18.2 Å². The molecule has 0 aliphatic rings. The summed E-state index contributed by atoms with van der Waals surface area (Å²) < 4.78 is 5.01. The second-order valence-corrected chi connectivity index (χ2v) is 4.99. The number of rotatable bonds is 5. The monoisotopic (exact) mass is 299 g/mol. The van der Waals surface area contributed by atoms with Gasteiger partial charge < -0.3 is 10.1 Å². The number of ether oxygens (including phenoxy) is 1. The number of hydrogen-bond acceptors (Lipinski definition) is 3. The van der Waals surface area contributed by atoms with E-state index in [0.29, 0.717) is 16.7 Å². The molecule has 19 heavy (non-hydrogen) atoms. The molecule has 0 spiro atoms. The third-order valence-corrected chi connectivity index (χ3v) is 2.84. The van der Waals surface area contributed by atoms with Gasteiger partial charge in [0.1, 0.15) is 0 Å². The van der Waals surface area contributed by atoms with E-state index in [0.717, 1.165) is 11.3 Å². The Bertz CT molecular complexity index is 448. The number of nitrogens with zero attached hydrogens (tertiary/aromatic N) is 1. The van der Waals surface area contributed by atoms with Crippen LogP contribution in [0.25, 0.3) is 0 Å². The molecule has 0 saturated heterocycles. The molecule has 0 fully saturated rings. The molecule has 1 atom stereocenters. The lowest BCUT2D eigenvalue weighted by Gasteiger charge is -2.14. The molecular formula is C13H18ClN3OS. The van der Waals surface area contributed by atoms with E-state index in [1.165, 1.54) is 0 Å². The number of thiocarbonyl (C=S) groups is 1. The maximum atomic E-state index is 5.83. The molecule has 4 nitrogen and oxygen atoms in total. The zero-order valence-electron chi connectivity index (χ0n) is 11.2. The van der Waals surface area contributed by atoms with Gasteiger partial charge in [-0.15, -0.1) is 0 Å².